The Morgan fingerprint density at radius 1 is 1.10 bits per heavy atom. The molecule has 0 aliphatic carbocycles. The Labute approximate surface area is 189 Å². The van der Waals surface area contributed by atoms with E-state index in [4.69, 9.17) is 9.88 Å². The Balaban J connectivity index is 0.00000480. The monoisotopic (exact) mass is 471 g/mol. The van der Waals surface area contributed by atoms with E-state index in [9.17, 15) is 18.3 Å². The molecule has 0 heterocycles. The van der Waals surface area contributed by atoms with Crippen LogP contribution in [-0.2, 0) is 16.4 Å². The number of hydrogen-bond acceptors (Lipinski definition) is 6. The zero-order valence-electron chi connectivity index (χ0n) is 17.4. The predicted octanol–water partition coefficient (Wildman–Crippen LogP) is 1.47. The molecule has 1 amide bonds. The lowest BCUT2D eigenvalue weighted by Gasteiger charge is -2.13. The minimum Gasteiger partial charge on any atom is -0.491 e. The summed E-state index contributed by atoms with van der Waals surface area (Å²) in [6.45, 7) is 3.96. The molecule has 1 unspecified atom stereocenters. The van der Waals surface area contributed by atoms with E-state index in [2.05, 4.69) is 17.6 Å². The van der Waals surface area contributed by atoms with Crippen molar-refractivity contribution in [3.8, 4) is 5.75 Å². The van der Waals surface area contributed by atoms with Crippen molar-refractivity contribution in [2.24, 2.45) is 5.14 Å². The average Bonchev–Trinajstić information content (AvgIpc) is 2.72. The number of carbonyl (C=O) groups excluding carboxylic acids is 1. The second kappa shape index (κ2) is 13.3. The first-order valence-electron chi connectivity index (χ1n) is 9.81. The van der Waals surface area contributed by atoms with Gasteiger partial charge in [0.25, 0.3) is 5.91 Å². The second-order valence-electron chi connectivity index (χ2n) is 6.89. The Kier molecular flexibility index (Phi) is 11.5. The Hall–Kier alpha value is -2.17. The number of benzene rings is 2. The van der Waals surface area contributed by atoms with Crippen molar-refractivity contribution in [1.82, 2.24) is 10.6 Å². The Bertz CT molecular complexity index is 906. The lowest BCUT2D eigenvalue weighted by Crippen LogP contribution is -2.31. The van der Waals surface area contributed by atoms with Crippen LogP contribution in [0.5, 0.6) is 5.75 Å². The van der Waals surface area contributed by atoms with Crippen LogP contribution >= 0.6 is 12.4 Å². The maximum absolute atomic E-state index is 12.2. The van der Waals surface area contributed by atoms with Crippen molar-refractivity contribution in [2.75, 3.05) is 26.2 Å². The van der Waals surface area contributed by atoms with Gasteiger partial charge in [0.2, 0.25) is 10.0 Å². The van der Waals surface area contributed by atoms with Crippen LogP contribution in [0.1, 0.15) is 29.3 Å². The largest absolute Gasteiger partial charge is 0.491 e. The molecule has 0 radical (unpaired) electrons. The van der Waals surface area contributed by atoms with Crippen LogP contribution in [0.2, 0.25) is 0 Å². The third kappa shape index (κ3) is 9.67. The number of aliphatic hydroxyl groups excluding tert-OH is 1. The number of sulfonamides is 1. The van der Waals surface area contributed by atoms with Gasteiger partial charge in [-0.3, -0.25) is 4.79 Å². The lowest BCUT2D eigenvalue weighted by molar-refractivity contribution is 0.0953. The zero-order chi connectivity index (χ0) is 22.0. The first-order valence-corrected chi connectivity index (χ1v) is 11.4. The topological polar surface area (TPSA) is 131 Å². The van der Waals surface area contributed by atoms with Crippen molar-refractivity contribution in [1.29, 1.82) is 0 Å². The first kappa shape index (κ1) is 26.9. The summed E-state index contributed by atoms with van der Waals surface area (Å²) in [6, 6.07) is 12.9. The highest BCUT2D eigenvalue weighted by molar-refractivity contribution is 7.89. The van der Waals surface area contributed by atoms with Gasteiger partial charge < -0.3 is 20.5 Å². The van der Waals surface area contributed by atoms with Crippen LogP contribution in [-0.4, -0.2) is 51.8 Å². The first-order chi connectivity index (χ1) is 14.3. The number of ether oxygens (including phenoxy) is 1. The molecule has 31 heavy (non-hydrogen) atoms. The van der Waals surface area contributed by atoms with Gasteiger partial charge in [-0.2, -0.15) is 0 Å². The fraction of sp³-hybridized carbons (Fsp3) is 0.381. The van der Waals surface area contributed by atoms with Gasteiger partial charge >= 0.3 is 0 Å². The van der Waals surface area contributed by atoms with E-state index in [1.165, 1.54) is 12.1 Å². The molecule has 0 saturated carbocycles. The van der Waals surface area contributed by atoms with Gasteiger partial charge in [0.1, 0.15) is 18.5 Å². The number of carbonyl (C=O) groups is 1. The van der Waals surface area contributed by atoms with Crippen LogP contribution in [0.3, 0.4) is 0 Å². The minimum atomic E-state index is -3.70. The smallest absolute Gasteiger partial charge is 0.251 e. The highest BCUT2D eigenvalue weighted by Gasteiger charge is 2.09. The predicted molar refractivity (Wildman–Crippen MR) is 122 cm³/mol. The van der Waals surface area contributed by atoms with Crippen LogP contribution in [0.15, 0.2) is 53.4 Å². The number of amides is 1. The van der Waals surface area contributed by atoms with Gasteiger partial charge in [-0.1, -0.05) is 19.1 Å². The van der Waals surface area contributed by atoms with Crippen molar-refractivity contribution in [2.45, 2.75) is 30.8 Å². The molecular formula is C21H30ClN3O5S. The standard InChI is InChI=1S/C21H29N3O5S.ClH/c1-2-12-23-14-18(25)15-29-19-7-5-17(6-8-19)21(26)24-13-11-16-3-9-20(10-4-16)30(22,27)28;/h3-10,18,23,25H,2,11-15H2,1H3,(H,24,26)(H2,22,27,28);1H. The SMILES string of the molecule is CCCNCC(O)COc1ccc(C(=O)NCCc2ccc(S(N)(=O)=O)cc2)cc1.Cl. The summed E-state index contributed by atoms with van der Waals surface area (Å²) in [6.07, 6.45) is 0.961. The Morgan fingerprint density at radius 3 is 2.32 bits per heavy atom. The number of halogens is 1. The lowest BCUT2D eigenvalue weighted by atomic mass is 10.1. The molecule has 1 atom stereocenters. The van der Waals surface area contributed by atoms with E-state index in [1.54, 1.807) is 36.4 Å². The van der Waals surface area contributed by atoms with E-state index in [0.717, 1.165) is 18.5 Å². The molecule has 0 saturated heterocycles. The van der Waals surface area contributed by atoms with Crippen LogP contribution < -0.4 is 20.5 Å². The van der Waals surface area contributed by atoms with Crippen molar-refractivity contribution in [3.63, 3.8) is 0 Å². The second-order valence-corrected chi connectivity index (χ2v) is 8.45. The summed E-state index contributed by atoms with van der Waals surface area (Å²) in [5.41, 5.74) is 1.38. The fourth-order valence-corrected chi connectivity index (χ4v) is 3.18. The molecule has 0 fully saturated rings. The van der Waals surface area contributed by atoms with Crippen molar-refractivity contribution >= 4 is 28.3 Å². The molecule has 5 N–H and O–H groups in total. The molecule has 2 aromatic rings. The third-order valence-corrected chi connectivity index (χ3v) is 5.25. The molecule has 10 heteroatoms. The third-order valence-electron chi connectivity index (χ3n) is 4.32. The van der Waals surface area contributed by atoms with Crippen LogP contribution in [0, 0.1) is 0 Å². The number of aliphatic hydroxyl groups is 1. The maximum atomic E-state index is 12.2. The van der Waals surface area contributed by atoms with Gasteiger partial charge in [-0.05, 0) is 61.3 Å². The number of rotatable bonds is 12. The van der Waals surface area contributed by atoms with Gasteiger partial charge in [0.15, 0.2) is 0 Å². The van der Waals surface area contributed by atoms with Crippen molar-refractivity contribution < 1.29 is 23.1 Å². The van der Waals surface area contributed by atoms with E-state index < -0.39 is 16.1 Å². The van der Waals surface area contributed by atoms with E-state index in [-0.39, 0.29) is 29.8 Å². The van der Waals surface area contributed by atoms with Gasteiger partial charge in [-0.25, -0.2) is 13.6 Å². The van der Waals surface area contributed by atoms with E-state index >= 15 is 0 Å². The molecule has 2 aromatic carbocycles. The molecule has 0 aliphatic rings. The summed E-state index contributed by atoms with van der Waals surface area (Å²) in [4.78, 5) is 12.3. The van der Waals surface area contributed by atoms with E-state index in [1.807, 2.05) is 0 Å². The van der Waals surface area contributed by atoms with E-state index in [0.29, 0.717) is 30.8 Å². The molecule has 0 aliphatic heterocycles. The van der Waals surface area contributed by atoms with Gasteiger partial charge in [0, 0.05) is 18.7 Å². The summed E-state index contributed by atoms with van der Waals surface area (Å²) in [5.74, 6) is 0.363. The highest BCUT2D eigenvalue weighted by Crippen LogP contribution is 2.13. The van der Waals surface area contributed by atoms with Gasteiger partial charge in [-0.15, -0.1) is 12.4 Å². The molecule has 0 bridgehead atoms. The normalized spacial score (nSPS) is 12.0. The average molecular weight is 472 g/mol. The Morgan fingerprint density at radius 2 is 1.74 bits per heavy atom. The maximum Gasteiger partial charge on any atom is 0.251 e. The molecule has 8 nitrogen and oxygen atoms in total. The number of nitrogens with two attached hydrogens (primary N) is 1. The number of nitrogens with one attached hydrogen (secondary N) is 2. The van der Waals surface area contributed by atoms with Crippen LogP contribution in [0.4, 0.5) is 0 Å². The summed E-state index contributed by atoms with van der Waals surface area (Å²) in [5, 5.41) is 20.8. The fourth-order valence-electron chi connectivity index (χ4n) is 2.67. The summed E-state index contributed by atoms with van der Waals surface area (Å²) < 4.78 is 28.0. The van der Waals surface area contributed by atoms with Crippen molar-refractivity contribution in [3.05, 3.63) is 59.7 Å². The number of primary sulfonamides is 1. The quantitative estimate of drug-likeness (QED) is 0.347. The molecule has 0 spiro atoms. The molecular weight excluding hydrogens is 442 g/mol. The molecule has 2 rings (SSSR count). The zero-order valence-corrected chi connectivity index (χ0v) is 19.0. The summed E-state index contributed by atoms with van der Waals surface area (Å²) >= 11 is 0. The van der Waals surface area contributed by atoms with Crippen LogP contribution in [0.25, 0.3) is 0 Å². The molecule has 0 aromatic heterocycles. The highest BCUT2D eigenvalue weighted by atomic mass is 35.5. The van der Waals surface area contributed by atoms with Gasteiger partial charge in [0.05, 0.1) is 4.90 Å². The molecule has 172 valence electrons. The number of hydrogen-bond donors (Lipinski definition) is 4. The minimum absolute atomic E-state index is 0. The summed E-state index contributed by atoms with van der Waals surface area (Å²) in [7, 11) is -3.70.